The van der Waals surface area contributed by atoms with Crippen molar-refractivity contribution in [2.45, 2.75) is 34.1 Å². The second kappa shape index (κ2) is 2.81. The fourth-order valence-electron chi connectivity index (χ4n) is 3.23. The first-order valence-corrected chi connectivity index (χ1v) is 5.55. The van der Waals surface area contributed by atoms with E-state index < -0.39 is 5.41 Å². The van der Waals surface area contributed by atoms with Gasteiger partial charge in [0, 0.05) is 11.3 Å². The number of Topliss-reactive ketones (excluding diaryl/α,β-unsaturated/α-hetero) is 2. The van der Waals surface area contributed by atoms with Gasteiger partial charge in [-0.1, -0.05) is 26.0 Å². The number of hydrogen-bond acceptors (Lipinski definition) is 2. The van der Waals surface area contributed by atoms with Gasteiger partial charge in [-0.15, -0.1) is 0 Å². The summed E-state index contributed by atoms with van der Waals surface area (Å²) in [5.41, 5.74) is -0.848. The fourth-order valence-corrected chi connectivity index (χ4v) is 3.23. The second-order valence-electron chi connectivity index (χ2n) is 5.70. The van der Waals surface area contributed by atoms with Crippen LogP contribution >= 0.6 is 0 Å². The van der Waals surface area contributed by atoms with Gasteiger partial charge in [-0.2, -0.15) is 0 Å². The third-order valence-electron chi connectivity index (χ3n) is 4.38. The zero-order valence-corrected chi connectivity index (χ0v) is 9.83. The Kier molecular flexibility index (Phi) is 1.98. The normalized spacial score (nSPS) is 42.0. The summed E-state index contributed by atoms with van der Waals surface area (Å²) >= 11 is 0. The van der Waals surface area contributed by atoms with Gasteiger partial charge in [0.1, 0.15) is 11.6 Å². The number of fused-ring (bicyclic) bond motifs is 2. The molecule has 0 spiro atoms. The molecule has 0 radical (unpaired) electrons. The van der Waals surface area contributed by atoms with Crippen LogP contribution in [0.4, 0.5) is 0 Å². The van der Waals surface area contributed by atoms with Crippen molar-refractivity contribution in [3.8, 4) is 0 Å². The van der Waals surface area contributed by atoms with Crippen LogP contribution in [-0.4, -0.2) is 11.6 Å². The van der Waals surface area contributed by atoms with Crippen molar-refractivity contribution in [2.75, 3.05) is 0 Å². The van der Waals surface area contributed by atoms with Crippen LogP contribution in [0, 0.1) is 22.7 Å². The predicted molar refractivity (Wildman–Crippen MR) is 58.3 cm³/mol. The molecular weight excluding hydrogens is 188 g/mol. The van der Waals surface area contributed by atoms with Crippen molar-refractivity contribution in [1.82, 2.24) is 0 Å². The smallest absolute Gasteiger partial charge is 0.149 e. The first-order chi connectivity index (χ1) is 6.80. The van der Waals surface area contributed by atoms with Crippen molar-refractivity contribution in [3.05, 3.63) is 12.2 Å². The van der Waals surface area contributed by atoms with Gasteiger partial charge in [-0.05, 0) is 26.2 Å². The Balaban J connectivity index is 2.51. The van der Waals surface area contributed by atoms with Crippen molar-refractivity contribution in [1.29, 1.82) is 0 Å². The molecule has 3 rings (SSSR count). The molecule has 15 heavy (non-hydrogen) atoms. The zero-order chi connectivity index (χ0) is 11.4. The molecule has 0 heterocycles. The summed E-state index contributed by atoms with van der Waals surface area (Å²) in [6.45, 7) is 7.51. The lowest BCUT2D eigenvalue weighted by molar-refractivity contribution is -0.151. The molecule has 2 heteroatoms. The Hall–Kier alpha value is -0.920. The maximum atomic E-state index is 12.3. The van der Waals surface area contributed by atoms with Crippen LogP contribution in [0.1, 0.15) is 34.1 Å². The van der Waals surface area contributed by atoms with Gasteiger partial charge in [-0.25, -0.2) is 0 Å². The summed E-state index contributed by atoms with van der Waals surface area (Å²) in [7, 11) is 0. The number of carbonyl (C=O) groups excluding carboxylic acids is 2. The van der Waals surface area contributed by atoms with Gasteiger partial charge in [0.25, 0.3) is 0 Å². The standard InChI is InChI=1S/C13H18O2/c1-8(14)10-7-9-5-6-13(10,4)11(15)12(9,2)3/h5-6,9-10H,7H2,1-4H3/t9-,10-,13+/m0/s1. The minimum Gasteiger partial charge on any atom is -0.300 e. The van der Waals surface area contributed by atoms with Crippen LogP contribution in [-0.2, 0) is 9.59 Å². The molecule has 82 valence electrons. The molecule has 1 fully saturated rings. The van der Waals surface area contributed by atoms with E-state index in [4.69, 9.17) is 0 Å². The third kappa shape index (κ3) is 1.17. The average molecular weight is 206 g/mol. The number of carbonyl (C=O) groups is 2. The molecule has 2 bridgehead atoms. The monoisotopic (exact) mass is 206 g/mol. The molecule has 3 atom stereocenters. The Bertz CT molecular complexity index is 365. The summed E-state index contributed by atoms with van der Waals surface area (Å²) in [5.74, 6) is 0.512. The van der Waals surface area contributed by atoms with Gasteiger partial charge in [-0.3, -0.25) is 9.59 Å². The van der Waals surface area contributed by atoms with Gasteiger partial charge < -0.3 is 0 Å². The Morgan fingerprint density at radius 3 is 2.53 bits per heavy atom. The summed E-state index contributed by atoms with van der Waals surface area (Å²) < 4.78 is 0. The van der Waals surface area contributed by atoms with Crippen molar-refractivity contribution in [3.63, 3.8) is 0 Å². The maximum Gasteiger partial charge on any atom is 0.149 e. The largest absolute Gasteiger partial charge is 0.300 e. The van der Waals surface area contributed by atoms with Crippen LogP contribution in [0.25, 0.3) is 0 Å². The topological polar surface area (TPSA) is 34.1 Å². The summed E-state index contributed by atoms with van der Waals surface area (Å²) in [5, 5.41) is 0. The van der Waals surface area contributed by atoms with Gasteiger partial charge >= 0.3 is 0 Å². The Labute approximate surface area is 90.7 Å². The third-order valence-corrected chi connectivity index (χ3v) is 4.38. The van der Waals surface area contributed by atoms with Crippen molar-refractivity contribution < 1.29 is 9.59 Å². The molecule has 0 N–H and O–H groups in total. The minimum absolute atomic E-state index is 0.104. The molecule has 0 saturated heterocycles. The average Bonchev–Trinajstić information content (AvgIpc) is 2.14. The highest BCUT2D eigenvalue weighted by atomic mass is 16.1. The molecule has 3 aliphatic carbocycles. The zero-order valence-electron chi connectivity index (χ0n) is 9.83. The highest BCUT2D eigenvalue weighted by Gasteiger charge is 2.57. The number of allylic oxidation sites excluding steroid dienone is 2. The predicted octanol–water partition coefficient (Wildman–Crippen LogP) is 2.38. The van der Waals surface area contributed by atoms with Gasteiger partial charge in [0.05, 0.1) is 5.41 Å². The van der Waals surface area contributed by atoms with E-state index in [1.165, 1.54) is 0 Å². The van der Waals surface area contributed by atoms with E-state index in [-0.39, 0.29) is 28.8 Å². The Morgan fingerprint density at radius 2 is 2.00 bits per heavy atom. The van der Waals surface area contributed by atoms with E-state index in [0.29, 0.717) is 0 Å². The minimum atomic E-state index is -0.552. The van der Waals surface area contributed by atoms with E-state index in [1.807, 2.05) is 26.8 Å². The lowest BCUT2D eigenvalue weighted by Gasteiger charge is -2.52. The first kappa shape index (κ1) is 10.6. The molecule has 0 aromatic carbocycles. The highest BCUT2D eigenvalue weighted by Crippen LogP contribution is 2.55. The summed E-state index contributed by atoms with van der Waals surface area (Å²) in [6, 6.07) is 0. The van der Waals surface area contributed by atoms with Crippen molar-refractivity contribution in [2.24, 2.45) is 22.7 Å². The molecule has 0 unspecified atom stereocenters. The SMILES string of the molecule is CC(=O)[C@@H]1C[C@@H]2C=C[C@@]1(C)C(=O)C2(C)C. The quantitative estimate of drug-likeness (QED) is 0.617. The molecule has 3 aliphatic rings. The highest BCUT2D eigenvalue weighted by molar-refractivity contribution is 5.99. The summed E-state index contributed by atoms with van der Waals surface area (Å²) in [4.78, 5) is 23.9. The van der Waals surface area contributed by atoms with E-state index in [0.717, 1.165) is 6.42 Å². The lowest BCUT2D eigenvalue weighted by Crippen LogP contribution is -2.56. The van der Waals surface area contributed by atoms with Crippen LogP contribution in [0.3, 0.4) is 0 Å². The fraction of sp³-hybridized carbons (Fsp3) is 0.692. The molecule has 0 aromatic heterocycles. The number of rotatable bonds is 1. The molecule has 0 aliphatic heterocycles. The lowest BCUT2D eigenvalue weighted by atomic mass is 9.49. The van der Waals surface area contributed by atoms with Gasteiger partial charge in [0.2, 0.25) is 0 Å². The van der Waals surface area contributed by atoms with Gasteiger partial charge in [0.15, 0.2) is 0 Å². The summed E-state index contributed by atoms with van der Waals surface area (Å²) in [6.07, 6.45) is 4.92. The number of hydrogen-bond donors (Lipinski definition) is 0. The van der Waals surface area contributed by atoms with Crippen LogP contribution in [0.15, 0.2) is 12.2 Å². The van der Waals surface area contributed by atoms with E-state index in [1.54, 1.807) is 6.92 Å². The maximum absolute atomic E-state index is 12.3. The van der Waals surface area contributed by atoms with E-state index in [9.17, 15) is 9.59 Å². The molecular formula is C13H18O2. The van der Waals surface area contributed by atoms with E-state index >= 15 is 0 Å². The molecule has 1 saturated carbocycles. The molecule has 0 aromatic rings. The van der Waals surface area contributed by atoms with E-state index in [2.05, 4.69) is 6.08 Å². The van der Waals surface area contributed by atoms with Crippen molar-refractivity contribution >= 4 is 11.6 Å². The first-order valence-electron chi connectivity index (χ1n) is 5.55. The number of ketones is 2. The second-order valence-corrected chi connectivity index (χ2v) is 5.70. The van der Waals surface area contributed by atoms with Crippen LogP contribution in [0.2, 0.25) is 0 Å². The molecule has 2 nitrogen and oxygen atoms in total. The van der Waals surface area contributed by atoms with Crippen LogP contribution in [0.5, 0.6) is 0 Å². The molecule has 0 amide bonds. The Morgan fingerprint density at radius 1 is 1.40 bits per heavy atom. The van der Waals surface area contributed by atoms with Crippen LogP contribution < -0.4 is 0 Å².